The number of benzene rings is 2. The Labute approximate surface area is 151 Å². The summed E-state index contributed by atoms with van der Waals surface area (Å²) in [5, 5.41) is 1.51. The lowest BCUT2D eigenvalue weighted by atomic mass is 10.2. The largest absolute Gasteiger partial charge is 1.00 e. The van der Waals surface area contributed by atoms with E-state index in [1.54, 1.807) is 0 Å². The van der Waals surface area contributed by atoms with Gasteiger partial charge in [0.2, 0.25) is 0 Å². The van der Waals surface area contributed by atoms with Crippen molar-refractivity contribution in [2.24, 2.45) is 0 Å². The first-order valence-electron chi connectivity index (χ1n) is 8.14. The SMILES string of the molecule is CN(C)[P+](Cc1ccccc1)(c1ccccc1)N1CCCC1.[Br-]. The van der Waals surface area contributed by atoms with E-state index < -0.39 is 7.56 Å². The lowest BCUT2D eigenvalue weighted by Gasteiger charge is -2.38. The second-order valence-corrected chi connectivity index (χ2v) is 9.88. The quantitative estimate of drug-likeness (QED) is 0.701. The van der Waals surface area contributed by atoms with Gasteiger partial charge in [0, 0.05) is 27.2 Å². The maximum absolute atomic E-state index is 2.77. The molecule has 2 nitrogen and oxygen atoms in total. The molecule has 1 unspecified atom stereocenters. The van der Waals surface area contributed by atoms with E-state index in [0.29, 0.717) is 0 Å². The van der Waals surface area contributed by atoms with Gasteiger partial charge in [0.25, 0.3) is 0 Å². The van der Waals surface area contributed by atoms with Crippen molar-refractivity contribution in [3.63, 3.8) is 0 Å². The molecule has 1 fully saturated rings. The Kier molecular flexibility index (Phi) is 6.79. The van der Waals surface area contributed by atoms with E-state index in [1.165, 1.54) is 36.8 Å². The predicted molar refractivity (Wildman–Crippen MR) is 97.6 cm³/mol. The molecule has 0 N–H and O–H groups in total. The highest BCUT2D eigenvalue weighted by molar-refractivity contribution is 7.77. The molecule has 1 aliphatic heterocycles. The van der Waals surface area contributed by atoms with Crippen LogP contribution in [-0.2, 0) is 6.16 Å². The molecule has 1 aliphatic rings. The highest BCUT2D eigenvalue weighted by Crippen LogP contribution is 2.65. The zero-order valence-electron chi connectivity index (χ0n) is 14.0. The molecule has 23 heavy (non-hydrogen) atoms. The fourth-order valence-corrected chi connectivity index (χ4v) is 7.79. The molecular formula is C19H26BrN2P. The standard InChI is InChI=1S/C19H26N2P.BrH/c1-20(2)22(21-15-9-10-16-21,19-13-7-4-8-14-19)17-18-11-5-3-6-12-18;/h3-8,11-14H,9-10,15-17H2,1-2H3;1H/q+1;/p-1. The summed E-state index contributed by atoms with van der Waals surface area (Å²) in [6, 6.07) is 22.1. The van der Waals surface area contributed by atoms with Crippen LogP contribution in [0.15, 0.2) is 60.7 Å². The molecule has 0 spiro atoms. The third-order valence-electron chi connectivity index (χ3n) is 4.63. The van der Waals surface area contributed by atoms with E-state index in [1.807, 2.05) is 0 Å². The molecule has 0 saturated carbocycles. The van der Waals surface area contributed by atoms with Crippen molar-refractivity contribution in [2.75, 3.05) is 27.2 Å². The summed E-state index contributed by atoms with van der Waals surface area (Å²) in [6.07, 6.45) is 3.79. The van der Waals surface area contributed by atoms with Crippen molar-refractivity contribution in [3.05, 3.63) is 66.2 Å². The minimum Gasteiger partial charge on any atom is -1.00 e. The van der Waals surface area contributed by atoms with Gasteiger partial charge in [-0.05, 0) is 30.5 Å². The van der Waals surface area contributed by atoms with Gasteiger partial charge in [0.05, 0.1) is 0 Å². The van der Waals surface area contributed by atoms with Crippen LogP contribution in [0.4, 0.5) is 0 Å². The van der Waals surface area contributed by atoms with Crippen molar-refractivity contribution in [2.45, 2.75) is 19.0 Å². The molecule has 1 atom stereocenters. The van der Waals surface area contributed by atoms with Gasteiger partial charge >= 0.3 is 0 Å². The van der Waals surface area contributed by atoms with Crippen molar-refractivity contribution >= 4 is 12.9 Å². The highest BCUT2D eigenvalue weighted by atomic mass is 79.9. The van der Waals surface area contributed by atoms with Crippen molar-refractivity contribution in [3.8, 4) is 0 Å². The lowest BCUT2D eigenvalue weighted by molar-refractivity contribution is -0.00000462. The first-order valence-corrected chi connectivity index (χ1v) is 10.0. The second-order valence-electron chi connectivity index (χ2n) is 6.22. The molecule has 2 aromatic carbocycles. The van der Waals surface area contributed by atoms with Crippen molar-refractivity contribution < 1.29 is 17.0 Å². The van der Waals surface area contributed by atoms with Gasteiger partial charge in [0.1, 0.15) is 11.5 Å². The average Bonchev–Trinajstić information content (AvgIpc) is 3.09. The number of halogens is 1. The first-order chi connectivity index (χ1) is 10.7. The minimum absolute atomic E-state index is 0. The zero-order chi connectivity index (χ0) is 15.4. The van der Waals surface area contributed by atoms with Crippen molar-refractivity contribution in [1.29, 1.82) is 0 Å². The van der Waals surface area contributed by atoms with E-state index in [9.17, 15) is 0 Å². The molecule has 3 rings (SSSR count). The normalized spacial score (nSPS) is 17.7. The number of nitrogens with zero attached hydrogens (tertiary/aromatic N) is 2. The smallest absolute Gasteiger partial charge is 0.189 e. The van der Waals surface area contributed by atoms with E-state index in [4.69, 9.17) is 0 Å². The van der Waals surface area contributed by atoms with Crippen LogP contribution in [0.25, 0.3) is 0 Å². The lowest BCUT2D eigenvalue weighted by Crippen LogP contribution is -3.00. The molecule has 124 valence electrons. The number of hydrogen-bond donors (Lipinski definition) is 0. The summed E-state index contributed by atoms with van der Waals surface area (Å²) < 4.78 is 5.29. The number of rotatable bonds is 5. The van der Waals surface area contributed by atoms with E-state index >= 15 is 0 Å². The maximum atomic E-state index is 2.77. The van der Waals surface area contributed by atoms with Crippen molar-refractivity contribution in [1.82, 2.24) is 9.34 Å². The van der Waals surface area contributed by atoms with Gasteiger partial charge in [-0.3, -0.25) is 0 Å². The van der Waals surface area contributed by atoms with Crippen LogP contribution in [0.3, 0.4) is 0 Å². The molecule has 0 amide bonds. The Hall–Kier alpha value is -0.730. The van der Waals surface area contributed by atoms with Crippen LogP contribution in [0.1, 0.15) is 18.4 Å². The third-order valence-corrected chi connectivity index (χ3v) is 9.22. The van der Waals surface area contributed by atoms with Gasteiger partial charge in [-0.2, -0.15) is 9.34 Å². The van der Waals surface area contributed by atoms with Crippen LogP contribution in [0.2, 0.25) is 0 Å². The fourth-order valence-electron chi connectivity index (χ4n) is 3.52. The van der Waals surface area contributed by atoms with E-state index in [-0.39, 0.29) is 17.0 Å². The molecular weight excluding hydrogens is 367 g/mol. The average molecular weight is 393 g/mol. The molecule has 4 heteroatoms. The Morgan fingerprint density at radius 1 is 0.870 bits per heavy atom. The van der Waals surface area contributed by atoms with E-state index in [0.717, 1.165) is 6.16 Å². The molecule has 0 radical (unpaired) electrons. The first kappa shape index (κ1) is 18.6. The summed E-state index contributed by atoms with van der Waals surface area (Å²) in [5.74, 6) is 0. The fraction of sp³-hybridized carbons (Fsp3) is 0.368. The van der Waals surface area contributed by atoms with Crippen LogP contribution >= 0.6 is 7.56 Å². The molecule has 0 bridgehead atoms. The number of hydrogen-bond acceptors (Lipinski definition) is 2. The van der Waals surface area contributed by atoms with Crippen LogP contribution in [0.5, 0.6) is 0 Å². The highest BCUT2D eigenvalue weighted by Gasteiger charge is 2.50. The van der Waals surface area contributed by atoms with Gasteiger partial charge in [0.15, 0.2) is 7.56 Å². The molecule has 1 heterocycles. The van der Waals surface area contributed by atoms with Gasteiger partial charge in [-0.15, -0.1) is 0 Å². The molecule has 0 aliphatic carbocycles. The van der Waals surface area contributed by atoms with Gasteiger partial charge in [-0.25, -0.2) is 0 Å². The zero-order valence-corrected chi connectivity index (χ0v) is 16.5. The summed E-state index contributed by atoms with van der Waals surface area (Å²) in [4.78, 5) is 0. The van der Waals surface area contributed by atoms with Gasteiger partial charge < -0.3 is 17.0 Å². The summed E-state index contributed by atoms with van der Waals surface area (Å²) in [5.41, 5.74) is 1.44. The third kappa shape index (κ3) is 3.85. The maximum Gasteiger partial charge on any atom is 0.189 e. The topological polar surface area (TPSA) is 6.48 Å². The summed E-state index contributed by atoms with van der Waals surface area (Å²) >= 11 is 0. The Morgan fingerprint density at radius 3 is 1.91 bits per heavy atom. The second kappa shape index (κ2) is 8.39. The Bertz CT molecular complexity index is 585. The van der Waals surface area contributed by atoms with Crippen LogP contribution in [-0.4, -0.2) is 36.5 Å². The Morgan fingerprint density at radius 2 is 1.39 bits per heavy atom. The van der Waals surface area contributed by atoms with Crippen LogP contribution < -0.4 is 22.3 Å². The summed E-state index contributed by atoms with van der Waals surface area (Å²) in [6.45, 7) is 2.46. The molecule has 2 aromatic rings. The molecule has 1 saturated heterocycles. The Balaban J connectivity index is 0.00000192. The van der Waals surface area contributed by atoms with Crippen LogP contribution in [0, 0.1) is 0 Å². The monoisotopic (exact) mass is 392 g/mol. The van der Waals surface area contributed by atoms with E-state index in [2.05, 4.69) is 84.1 Å². The van der Waals surface area contributed by atoms with Gasteiger partial charge in [-0.1, -0.05) is 48.5 Å². The minimum atomic E-state index is -1.52. The predicted octanol–water partition coefficient (Wildman–Crippen LogP) is 1.02. The summed E-state index contributed by atoms with van der Waals surface area (Å²) in [7, 11) is 3.01. The molecule has 0 aromatic heterocycles.